The van der Waals surface area contributed by atoms with Crippen LogP contribution < -0.4 is 5.32 Å². The first-order valence-corrected chi connectivity index (χ1v) is 6.75. The summed E-state index contributed by atoms with van der Waals surface area (Å²) in [5, 5.41) is 3.18. The Balaban J connectivity index is 2.15. The van der Waals surface area contributed by atoms with Crippen LogP contribution in [0.4, 0.5) is 0 Å². The van der Waals surface area contributed by atoms with E-state index in [1.54, 1.807) is 6.20 Å². The largest absolute Gasteiger partial charge is 0.335 e. The fourth-order valence-corrected chi connectivity index (χ4v) is 2.78. The van der Waals surface area contributed by atoms with Crippen LogP contribution in [0.15, 0.2) is 18.6 Å². The summed E-state index contributed by atoms with van der Waals surface area (Å²) in [6.07, 6.45) is 5.31. The van der Waals surface area contributed by atoms with Gasteiger partial charge in [0.05, 0.1) is 18.3 Å². The molecule has 1 aliphatic rings. The van der Waals surface area contributed by atoms with Gasteiger partial charge in [-0.25, -0.2) is 9.97 Å². The lowest BCUT2D eigenvalue weighted by molar-refractivity contribution is -0.135. The van der Waals surface area contributed by atoms with Crippen molar-refractivity contribution in [1.82, 2.24) is 20.2 Å². The van der Waals surface area contributed by atoms with Crippen molar-refractivity contribution in [2.24, 2.45) is 5.41 Å². The standard InChI is InChI=1S/C14H22N4O/c1-14(2)6-4-8-18(13(19)12(14)15-3)9-11-5-7-16-10-17-11/h5,7,10,12,15H,4,6,8-9H2,1-3H3. The van der Waals surface area contributed by atoms with Gasteiger partial charge >= 0.3 is 0 Å². The Labute approximate surface area is 114 Å². The minimum Gasteiger partial charge on any atom is -0.335 e. The average Bonchev–Trinajstić information content (AvgIpc) is 2.48. The molecule has 1 aliphatic heterocycles. The Morgan fingerprint density at radius 3 is 2.95 bits per heavy atom. The summed E-state index contributed by atoms with van der Waals surface area (Å²) in [7, 11) is 1.86. The molecule has 1 aromatic rings. The summed E-state index contributed by atoms with van der Waals surface area (Å²) >= 11 is 0. The highest BCUT2D eigenvalue weighted by Gasteiger charge is 2.38. The van der Waals surface area contributed by atoms with Crippen molar-refractivity contribution in [3.05, 3.63) is 24.3 Å². The summed E-state index contributed by atoms with van der Waals surface area (Å²) < 4.78 is 0. The Kier molecular flexibility index (Phi) is 4.14. The maximum absolute atomic E-state index is 12.6. The topological polar surface area (TPSA) is 58.1 Å². The second-order valence-electron chi connectivity index (χ2n) is 5.77. The van der Waals surface area contributed by atoms with Crippen LogP contribution in [-0.4, -0.2) is 40.4 Å². The molecule has 0 spiro atoms. The van der Waals surface area contributed by atoms with Gasteiger partial charge in [0, 0.05) is 12.7 Å². The van der Waals surface area contributed by atoms with Crippen molar-refractivity contribution < 1.29 is 4.79 Å². The molecule has 1 fully saturated rings. The molecule has 2 heterocycles. The Hall–Kier alpha value is -1.49. The Morgan fingerprint density at radius 1 is 1.53 bits per heavy atom. The normalized spacial score (nSPS) is 23.2. The molecule has 0 aliphatic carbocycles. The summed E-state index contributed by atoms with van der Waals surface area (Å²) in [6, 6.07) is 1.73. The van der Waals surface area contributed by atoms with Crippen molar-refractivity contribution in [2.75, 3.05) is 13.6 Å². The number of amides is 1. The zero-order valence-corrected chi connectivity index (χ0v) is 11.9. The van der Waals surface area contributed by atoms with E-state index in [1.165, 1.54) is 6.33 Å². The number of aromatic nitrogens is 2. The van der Waals surface area contributed by atoms with Crippen LogP contribution in [0.1, 0.15) is 32.4 Å². The smallest absolute Gasteiger partial charge is 0.240 e. The highest BCUT2D eigenvalue weighted by atomic mass is 16.2. The van der Waals surface area contributed by atoms with Crippen LogP contribution in [0.3, 0.4) is 0 Å². The number of nitrogens with zero attached hydrogens (tertiary/aromatic N) is 3. The molecule has 104 valence electrons. The average molecular weight is 262 g/mol. The molecule has 5 heteroatoms. The first-order chi connectivity index (χ1) is 9.04. The summed E-state index contributed by atoms with van der Waals surface area (Å²) in [5.74, 6) is 0.170. The van der Waals surface area contributed by atoms with Crippen LogP contribution >= 0.6 is 0 Å². The molecular formula is C14H22N4O. The first-order valence-electron chi connectivity index (χ1n) is 6.75. The number of hydrogen-bond acceptors (Lipinski definition) is 4. The van der Waals surface area contributed by atoms with Gasteiger partial charge in [0.25, 0.3) is 0 Å². The van der Waals surface area contributed by atoms with E-state index in [0.717, 1.165) is 25.1 Å². The first kappa shape index (κ1) is 13.9. The minimum atomic E-state index is -0.128. The van der Waals surface area contributed by atoms with Crippen LogP contribution in [-0.2, 0) is 11.3 Å². The van der Waals surface area contributed by atoms with Gasteiger partial charge < -0.3 is 10.2 Å². The van der Waals surface area contributed by atoms with Crippen LogP contribution in [0.5, 0.6) is 0 Å². The van der Waals surface area contributed by atoms with E-state index in [4.69, 9.17) is 0 Å². The van der Waals surface area contributed by atoms with Crippen molar-refractivity contribution in [1.29, 1.82) is 0 Å². The maximum Gasteiger partial charge on any atom is 0.240 e. The predicted molar refractivity (Wildman–Crippen MR) is 73.3 cm³/mol. The van der Waals surface area contributed by atoms with Gasteiger partial charge in [-0.2, -0.15) is 0 Å². The van der Waals surface area contributed by atoms with Gasteiger partial charge in [-0.05, 0) is 31.4 Å². The molecule has 0 radical (unpaired) electrons. The molecule has 0 aromatic carbocycles. The van der Waals surface area contributed by atoms with Gasteiger partial charge in [0.15, 0.2) is 0 Å². The number of nitrogens with one attached hydrogen (secondary N) is 1. The summed E-state index contributed by atoms with van der Waals surface area (Å²) in [5.41, 5.74) is 0.879. The lowest BCUT2D eigenvalue weighted by atomic mass is 9.80. The molecule has 1 unspecified atom stereocenters. The molecule has 0 saturated carbocycles. The van der Waals surface area contributed by atoms with Gasteiger partial charge in [-0.15, -0.1) is 0 Å². The zero-order valence-electron chi connectivity index (χ0n) is 11.9. The number of likely N-dealkylation sites (tertiary alicyclic amines) is 1. The predicted octanol–water partition coefficient (Wildman–Crippen LogP) is 1.21. The molecular weight excluding hydrogens is 240 g/mol. The van der Waals surface area contributed by atoms with E-state index >= 15 is 0 Å². The SMILES string of the molecule is CNC1C(=O)N(Cc2ccncn2)CCCC1(C)C. The van der Waals surface area contributed by atoms with Crippen LogP contribution in [0, 0.1) is 5.41 Å². The van der Waals surface area contributed by atoms with Crippen molar-refractivity contribution >= 4 is 5.91 Å². The third-order valence-electron chi connectivity index (χ3n) is 3.87. The van der Waals surface area contributed by atoms with E-state index in [2.05, 4.69) is 29.1 Å². The highest BCUT2D eigenvalue weighted by molar-refractivity contribution is 5.83. The van der Waals surface area contributed by atoms with Crippen molar-refractivity contribution in [3.63, 3.8) is 0 Å². The maximum atomic E-state index is 12.6. The van der Waals surface area contributed by atoms with Crippen LogP contribution in [0.2, 0.25) is 0 Å². The number of rotatable bonds is 3. The molecule has 1 N–H and O–H groups in total. The molecule has 1 aromatic heterocycles. The number of likely N-dealkylation sites (N-methyl/N-ethyl adjacent to an activating group) is 1. The van der Waals surface area contributed by atoms with E-state index in [0.29, 0.717) is 6.54 Å². The summed E-state index contributed by atoms with van der Waals surface area (Å²) in [6.45, 7) is 5.67. The fraction of sp³-hybridized carbons (Fsp3) is 0.643. The molecule has 5 nitrogen and oxygen atoms in total. The number of carbonyl (C=O) groups excluding carboxylic acids is 1. The molecule has 19 heavy (non-hydrogen) atoms. The second kappa shape index (κ2) is 5.65. The van der Waals surface area contributed by atoms with Gasteiger partial charge in [0.1, 0.15) is 6.33 Å². The van der Waals surface area contributed by atoms with E-state index < -0.39 is 0 Å². The van der Waals surface area contributed by atoms with Crippen LogP contribution in [0.25, 0.3) is 0 Å². The lowest BCUT2D eigenvalue weighted by Gasteiger charge is -2.32. The molecule has 2 rings (SSSR count). The van der Waals surface area contributed by atoms with Crippen molar-refractivity contribution in [3.8, 4) is 0 Å². The fourth-order valence-electron chi connectivity index (χ4n) is 2.78. The number of hydrogen-bond donors (Lipinski definition) is 1. The molecule has 1 atom stereocenters. The molecule has 1 saturated heterocycles. The van der Waals surface area contributed by atoms with Gasteiger partial charge in [-0.3, -0.25) is 4.79 Å². The van der Waals surface area contributed by atoms with Gasteiger partial charge in [0.2, 0.25) is 5.91 Å². The van der Waals surface area contributed by atoms with E-state index in [-0.39, 0.29) is 17.4 Å². The third-order valence-corrected chi connectivity index (χ3v) is 3.87. The second-order valence-corrected chi connectivity index (χ2v) is 5.77. The van der Waals surface area contributed by atoms with E-state index in [1.807, 2.05) is 18.0 Å². The Morgan fingerprint density at radius 2 is 2.32 bits per heavy atom. The van der Waals surface area contributed by atoms with E-state index in [9.17, 15) is 4.79 Å². The lowest BCUT2D eigenvalue weighted by Crippen LogP contribution is -2.50. The third kappa shape index (κ3) is 3.10. The Bertz CT molecular complexity index is 432. The zero-order chi connectivity index (χ0) is 13.9. The number of carbonyl (C=O) groups is 1. The highest BCUT2D eigenvalue weighted by Crippen LogP contribution is 2.31. The van der Waals surface area contributed by atoms with Gasteiger partial charge in [-0.1, -0.05) is 13.8 Å². The van der Waals surface area contributed by atoms with Crippen molar-refractivity contribution in [2.45, 2.75) is 39.3 Å². The minimum absolute atomic E-state index is 0.00768. The molecule has 0 bridgehead atoms. The summed E-state index contributed by atoms with van der Waals surface area (Å²) in [4.78, 5) is 22.6. The monoisotopic (exact) mass is 262 g/mol. The quantitative estimate of drug-likeness (QED) is 0.889. The molecule has 1 amide bonds.